The first-order chi connectivity index (χ1) is 13.8. The third kappa shape index (κ3) is 4.95. The van der Waals surface area contributed by atoms with Crippen LogP contribution >= 0.6 is 55.9 Å². The van der Waals surface area contributed by atoms with Gasteiger partial charge in [0.2, 0.25) is 5.90 Å². The largest absolute Gasteiger partial charge is 0.454 e. The standard InChI is InChI=1S/C18H19BrClIN5O2P/c1-3-4-15(28-17(22)10-7-12(19)18(27)25(2)9-10)24-13-5-6-14-11(16(13)20)8-23-26(14)29-21/h5-9,15,22,24,29H,3-4H2,1-2H3. The van der Waals surface area contributed by atoms with Crippen LogP contribution in [0.4, 0.5) is 5.69 Å². The number of fused-ring (bicyclic) bond motifs is 1. The molecular weight excluding hydrogens is 591 g/mol. The molecule has 0 saturated heterocycles. The Kier molecular flexibility index (Phi) is 7.58. The number of rotatable bonds is 7. The van der Waals surface area contributed by atoms with Crippen molar-refractivity contribution in [3.8, 4) is 0 Å². The quantitative estimate of drug-likeness (QED) is 0.121. The number of hydrogen-bond donors (Lipinski definition) is 2. The molecule has 0 aliphatic heterocycles. The molecule has 0 amide bonds. The highest BCUT2D eigenvalue weighted by Gasteiger charge is 2.17. The summed E-state index contributed by atoms with van der Waals surface area (Å²) in [5.41, 5.74) is 2.04. The summed E-state index contributed by atoms with van der Waals surface area (Å²) in [4.78, 5) is 11.8. The van der Waals surface area contributed by atoms with E-state index < -0.39 is 6.23 Å². The van der Waals surface area contributed by atoms with Gasteiger partial charge in [0.1, 0.15) is 0 Å². The van der Waals surface area contributed by atoms with E-state index in [0.29, 0.717) is 27.9 Å². The van der Waals surface area contributed by atoms with E-state index in [1.54, 1.807) is 25.5 Å². The van der Waals surface area contributed by atoms with Crippen molar-refractivity contribution in [3.63, 3.8) is 0 Å². The fraction of sp³-hybridized carbons (Fsp3) is 0.278. The zero-order valence-corrected chi connectivity index (χ0v) is 21.2. The van der Waals surface area contributed by atoms with Crippen LogP contribution in [0.3, 0.4) is 0 Å². The van der Waals surface area contributed by atoms with Crippen molar-refractivity contribution in [2.24, 2.45) is 7.05 Å². The number of pyridine rings is 1. The van der Waals surface area contributed by atoms with Gasteiger partial charge in [-0.15, -0.1) is 0 Å². The van der Waals surface area contributed by atoms with Crippen LogP contribution in [0.5, 0.6) is 0 Å². The summed E-state index contributed by atoms with van der Waals surface area (Å²) < 4.78 is 9.58. The normalized spacial score (nSPS) is 12.6. The van der Waals surface area contributed by atoms with E-state index in [9.17, 15) is 4.79 Å². The maximum absolute atomic E-state index is 11.8. The van der Waals surface area contributed by atoms with Crippen molar-refractivity contribution >= 4 is 78.4 Å². The summed E-state index contributed by atoms with van der Waals surface area (Å²) in [7, 11) is 1.64. The first kappa shape index (κ1) is 22.5. The second kappa shape index (κ2) is 9.76. The third-order valence-electron chi connectivity index (χ3n) is 4.30. The summed E-state index contributed by atoms with van der Waals surface area (Å²) in [6, 6.07) is 5.46. The molecule has 2 aromatic heterocycles. The predicted molar refractivity (Wildman–Crippen MR) is 132 cm³/mol. The number of anilines is 1. The molecule has 3 aromatic rings. The molecule has 2 unspecified atom stereocenters. The van der Waals surface area contributed by atoms with E-state index in [-0.39, 0.29) is 11.5 Å². The fourth-order valence-corrected chi connectivity index (χ4v) is 5.18. The van der Waals surface area contributed by atoms with E-state index >= 15 is 0 Å². The Labute approximate surface area is 196 Å². The Morgan fingerprint density at radius 1 is 1.52 bits per heavy atom. The van der Waals surface area contributed by atoms with Crippen LogP contribution in [-0.4, -0.2) is 26.2 Å². The Morgan fingerprint density at radius 3 is 2.93 bits per heavy atom. The van der Waals surface area contributed by atoms with Crippen LogP contribution in [-0.2, 0) is 11.8 Å². The molecule has 0 spiro atoms. The van der Waals surface area contributed by atoms with Gasteiger partial charge in [-0.2, -0.15) is 5.10 Å². The highest BCUT2D eigenvalue weighted by atomic mass is 127. The zero-order chi connectivity index (χ0) is 21.1. The van der Waals surface area contributed by atoms with Gasteiger partial charge in [0, 0.05) is 25.1 Å². The van der Waals surface area contributed by atoms with Gasteiger partial charge in [0.15, 0.2) is 6.23 Å². The average Bonchev–Trinajstić information content (AvgIpc) is 3.11. The lowest BCUT2D eigenvalue weighted by Crippen LogP contribution is -2.27. The minimum atomic E-state index is -0.444. The van der Waals surface area contributed by atoms with Crippen molar-refractivity contribution < 1.29 is 4.74 Å². The number of halogens is 3. The van der Waals surface area contributed by atoms with Crippen molar-refractivity contribution in [2.45, 2.75) is 26.0 Å². The SMILES string of the molecule is CCCC(Nc1ccc2c(cnn2PI)c1Cl)OC(=N)c1cc(Br)c(=O)n(C)c1. The monoisotopic (exact) mass is 609 g/mol. The fourth-order valence-electron chi connectivity index (χ4n) is 2.85. The van der Waals surface area contributed by atoms with E-state index in [1.807, 2.05) is 23.5 Å². The number of ether oxygens (including phenoxy) is 1. The van der Waals surface area contributed by atoms with Gasteiger partial charge in [-0.25, -0.2) is 4.45 Å². The van der Waals surface area contributed by atoms with E-state index in [1.165, 1.54) is 4.57 Å². The van der Waals surface area contributed by atoms with Crippen molar-refractivity contribution in [2.75, 3.05) is 5.32 Å². The molecule has 0 bridgehead atoms. The molecule has 2 atom stereocenters. The second-order valence-electron chi connectivity index (χ2n) is 6.36. The van der Waals surface area contributed by atoms with Crippen LogP contribution in [0.15, 0.2) is 39.9 Å². The van der Waals surface area contributed by atoms with Crippen LogP contribution in [0.1, 0.15) is 25.3 Å². The second-order valence-corrected chi connectivity index (χ2v) is 9.63. The number of aryl methyl sites for hydroxylation is 1. The smallest absolute Gasteiger partial charge is 0.264 e. The number of aromatic nitrogens is 3. The third-order valence-corrected chi connectivity index (χ3v) is 7.16. The maximum atomic E-state index is 11.8. The highest BCUT2D eigenvalue weighted by molar-refractivity contribution is 14.2. The van der Waals surface area contributed by atoms with Crippen molar-refractivity contribution in [1.29, 1.82) is 5.41 Å². The number of benzene rings is 1. The molecule has 3 rings (SSSR count). The molecule has 29 heavy (non-hydrogen) atoms. The van der Waals surface area contributed by atoms with Crippen molar-refractivity contribution in [1.82, 2.24) is 14.1 Å². The average molecular weight is 611 g/mol. The molecule has 0 fully saturated rings. The van der Waals surface area contributed by atoms with Gasteiger partial charge < -0.3 is 14.6 Å². The van der Waals surface area contributed by atoms with E-state index in [0.717, 1.165) is 23.0 Å². The summed E-state index contributed by atoms with van der Waals surface area (Å²) in [5.74, 6) is -0.0246. The van der Waals surface area contributed by atoms with Gasteiger partial charge in [-0.1, -0.05) is 24.9 Å². The molecule has 0 aliphatic rings. The molecule has 2 N–H and O–H groups in total. The van der Waals surface area contributed by atoms with Crippen LogP contribution in [0, 0.1) is 5.41 Å². The molecule has 0 radical (unpaired) electrons. The van der Waals surface area contributed by atoms with Crippen molar-refractivity contribution in [3.05, 3.63) is 56.0 Å². The zero-order valence-electron chi connectivity index (χ0n) is 15.7. The van der Waals surface area contributed by atoms with Crippen LogP contribution in [0.25, 0.3) is 10.9 Å². The Bertz CT molecular complexity index is 1090. The molecule has 7 nitrogen and oxygen atoms in total. The Hall–Kier alpha value is -1.16. The first-order valence-corrected chi connectivity index (χ1v) is 14.0. The first-order valence-electron chi connectivity index (χ1n) is 8.76. The van der Waals surface area contributed by atoms with Gasteiger partial charge in [-0.3, -0.25) is 10.2 Å². The van der Waals surface area contributed by atoms with Crippen LogP contribution < -0.4 is 10.9 Å². The molecule has 11 heteroatoms. The molecule has 1 aromatic carbocycles. The van der Waals surface area contributed by atoms with Crippen LogP contribution in [0.2, 0.25) is 5.02 Å². The highest BCUT2D eigenvalue weighted by Crippen LogP contribution is 2.35. The molecule has 0 saturated carbocycles. The summed E-state index contributed by atoms with van der Waals surface area (Å²) >= 11 is 12.1. The minimum absolute atomic E-state index is 0.0246. The lowest BCUT2D eigenvalue weighted by molar-refractivity contribution is 0.204. The van der Waals surface area contributed by atoms with Gasteiger partial charge in [0.05, 0.1) is 38.8 Å². The van der Waals surface area contributed by atoms with E-state index in [4.69, 9.17) is 21.7 Å². The number of nitrogens with one attached hydrogen (secondary N) is 2. The van der Waals surface area contributed by atoms with Gasteiger partial charge in [0.25, 0.3) is 5.56 Å². The van der Waals surface area contributed by atoms with E-state index in [2.05, 4.69) is 48.4 Å². The summed E-state index contributed by atoms with van der Waals surface area (Å²) in [5, 5.41) is 17.4. The Balaban J connectivity index is 1.83. The molecular formula is C18H19BrClIN5O2P. The molecule has 0 aliphatic carbocycles. The Morgan fingerprint density at radius 2 is 2.28 bits per heavy atom. The minimum Gasteiger partial charge on any atom is -0.454 e. The molecule has 2 heterocycles. The maximum Gasteiger partial charge on any atom is 0.264 e. The number of nitrogens with zero attached hydrogens (tertiary/aromatic N) is 3. The lowest BCUT2D eigenvalue weighted by Gasteiger charge is -2.22. The lowest BCUT2D eigenvalue weighted by atomic mass is 10.2. The summed E-state index contributed by atoms with van der Waals surface area (Å²) in [6.07, 6.45) is 4.92. The predicted octanol–water partition coefficient (Wildman–Crippen LogP) is 5.52. The van der Waals surface area contributed by atoms with Gasteiger partial charge in [-0.05, 0) is 56.2 Å². The number of hydrogen-bond acceptors (Lipinski definition) is 5. The topological polar surface area (TPSA) is 84.9 Å². The molecule has 154 valence electrons. The van der Waals surface area contributed by atoms with Gasteiger partial charge >= 0.3 is 0 Å². The summed E-state index contributed by atoms with van der Waals surface area (Å²) in [6.45, 7) is 2.04.